The Morgan fingerprint density at radius 1 is 1.28 bits per heavy atom. The van der Waals surface area contributed by atoms with Crippen LogP contribution in [0.2, 0.25) is 0 Å². The van der Waals surface area contributed by atoms with Crippen molar-refractivity contribution in [1.29, 1.82) is 0 Å². The highest BCUT2D eigenvalue weighted by molar-refractivity contribution is 7.91. The first kappa shape index (κ1) is 17.1. The van der Waals surface area contributed by atoms with Crippen molar-refractivity contribution < 1.29 is 18.8 Å². The number of hydrogen-bond acceptors (Lipinski definition) is 5. The molecule has 1 unspecified atom stereocenters. The third kappa shape index (κ3) is 4.43. The van der Waals surface area contributed by atoms with Gasteiger partial charge in [0.1, 0.15) is 18.1 Å². The molecule has 0 radical (unpaired) electrons. The van der Waals surface area contributed by atoms with Crippen molar-refractivity contribution in [3.05, 3.63) is 48.5 Å². The van der Waals surface area contributed by atoms with E-state index in [2.05, 4.69) is 20.0 Å². The number of carbonyl (C=O) groups excluding carboxylic acids is 1. The first-order chi connectivity index (χ1) is 12.2. The van der Waals surface area contributed by atoms with E-state index in [9.17, 15) is 9.35 Å². The van der Waals surface area contributed by atoms with Gasteiger partial charge in [0, 0.05) is 6.07 Å². The minimum Gasteiger partial charge on any atom is -0.611 e. The topological polar surface area (TPSA) is 99.3 Å². The zero-order chi connectivity index (χ0) is 17.6. The Bertz CT molecular complexity index is 853. The Hall–Kier alpha value is -2.71. The van der Waals surface area contributed by atoms with Crippen LogP contribution in [0.3, 0.4) is 0 Å². The molecule has 7 nitrogen and oxygen atoms in total. The predicted molar refractivity (Wildman–Crippen MR) is 95.3 cm³/mol. The van der Waals surface area contributed by atoms with Gasteiger partial charge in [0.2, 0.25) is 5.95 Å². The van der Waals surface area contributed by atoms with Gasteiger partial charge in [-0.1, -0.05) is 18.2 Å². The van der Waals surface area contributed by atoms with E-state index >= 15 is 0 Å². The largest absolute Gasteiger partial charge is 0.611 e. The molecular weight excluding hydrogens is 342 g/mol. The molecule has 0 aliphatic heterocycles. The molecule has 2 N–H and O–H groups in total. The molecule has 0 spiro atoms. The van der Waals surface area contributed by atoms with Crippen LogP contribution >= 0.6 is 0 Å². The molecular formula is C17H17N3O4S. The molecule has 0 aliphatic carbocycles. The lowest BCUT2D eigenvalue weighted by atomic mass is 10.3. The first-order valence-corrected chi connectivity index (χ1v) is 8.88. The average Bonchev–Trinajstić information content (AvgIpc) is 3.03. The van der Waals surface area contributed by atoms with Crippen LogP contribution in [0.5, 0.6) is 5.75 Å². The number of aromatic amines is 1. The van der Waals surface area contributed by atoms with Crippen LogP contribution in [-0.2, 0) is 15.9 Å². The summed E-state index contributed by atoms with van der Waals surface area (Å²) in [5.41, 5.74) is 1.40. The fourth-order valence-corrected chi connectivity index (χ4v) is 3.14. The van der Waals surface area contributed by atoms with Gasteiger partial charge in [0.05, 0.1) is 18.1 Å². The Labute approximate surface area is 147 Å². The third-order valence-electron chi connectivity index (χ3n) is 3.40. The van der Waals surface area contributed by atoms with Gasteiger partial charge >= 0.3 is 6.09 Å². The average molecular weight is 359 g/mol. The number of anilines is 1. The molecule has 130 valence electrons. The molecule has 3 rings (SSSR count). The predicted octanol–water partition coefficient (Wildman–Crippen LogP) is 2.93. The van der Waals surface area contributed by atoms with Gasteiger partial charge in [-0.05, 0) is 35.4 Å². The van der Waals surface area contributed by atoms with Gasteiger partial charge < -0.3 is 19.0 Å². The Morgan fingerprint density at radius 3 is 2.84 bits per heavy atom. The maximum atomic E-state index is 12.1. The summed E-state index contributed by atoms with van der Waals surface area (Å²) in [5, 5.41) is 2.47. The van der Waals surface area contributed by atoms with Gasteiger partial charge in [-0.3, -0.25) is 5.32 Å². The van der Waals surface area contributed by atoms with Gasteiger partial charge in [-0.25, -0.2) is 9.78 Å². The quantitative estimate of drug-likeness (QED) is 0.659. The number of nitrogens with one attached hydrogen (secondary N) is 2. The van der Waals surface area contributed by atoms with Crippen molar-refractivity contribution in [1.82, 2.24) is 9.97 Å². The minimum absolute atomic E-state index is 0.296. The van der Waals surface area contributed by atoms with Crippen LogP contribution in [0.4, 0.5) is 10.7 Å². The summed E-state index contributed by atoms with van der Waals surface area (Å²) in [5.74, 6) is 1.32. The zero-order valence-corrected chi connectivity index (χ0v) is 14.3. The lowest BCUT2D eigenvalue weighted by Crippen LogP contribution is -2.14. The van der Waals surface area contributed by atoms with E-state index in [0.717, 1.165) is 10.4 Å². The monoisotopic (exact) mass is 359 g/mol. The number of amides is 1. The smallest absolute Gasteiger partial charge is 0.413 e. The Morgan fingerprint density at radius 2 is 2.08 bits per heavy atom. The fraction of sp³-hybridized carbons (Fsp3) is 0.176. The SMILES string of the molecule is COC(=O)Nc1nc2cc(OCC[S+]([O-])c3ccccc3)ccc2[nH]1. The molecule has 8 heteroatoms. The number of H-pyrrole nitrogens is 1. The van der Waals surface area contributed by atoms with Crippen molar-refractivity contribution in [2.24, 2.45) is 0 Å². The highest BCUT2D eigenvalue weighted by Crippen LogP contribution is 2.21. The van der Waals surface area contributed by atoms with Gasteiger partial charge in [0.15, 0.2) is 4.90 Å². The summed E-state index contributed by atoms with van der Waals surface area (Å²) in [4.78, 5) is 19.2. The molecule has 1 atom stereocenters. The van der Waals surface area contributed by atoms with Crippen LogP contribution < -0.4 is 10.1 Å². The standard InChI is InChI=1S/C17H17N3O4S/c1-23-17(21)20-16-18-14-8-7-12(11-15(14)19-16)24-9-10-25(22)13-5-3-2-4-6-13/h2-8,11H,9-10H2,1H3,(H2,18,19,20,21). The summed E-state index contributed by atoms with van der Waals surface area (Å²) in [6.07, 6.45) is -0.598. The van der Waals surface area contributed by atoms with Crippen LogP contribution in [0.25, 0.3) is 11.0 Å². The summed E-state index contributed by atoms with van der Waals surface area (Å²) < 4.78 is 22.3. The highest BCUT2D eigenvalue weighted by Gasteiger charge is 2.11. The molecule has 0 saturated carbocycles. The summed E-state index contributed by atoms with van der Waals surface area (Å²) >= 11 is -1.10. The molecule has 0 bridgehead atoms. The molecule has 0 fully saturated rings. The maximum Gasteiger partial charge on any atom is 0.413 e. The lowest BCUT2D eigenvalue weighted by molar-refractivity contribution is 0.186. The van der Waals surface area contributed by atoms with Crippen molar-refractivity contribution in [3.63, 3.8) is 0 Å². The molecule has 3 aromatic rings. The van der Waals surface area contributed by atoms with E-state index in [1.54, 1.807) is 18.2 Å². The summed E-state index contributed by atoms with van der Waals surface area (Å²) in [7, 11) is 1.28. The summed E-state index contributed by atoms with van der Waals surface area (Å²) in [6, 6.07) is 14.6. The molecule has 1 aromatic heterocycles. The second-order valence-electron chi connectivity index (χ2n) is 5.09. The third-order valence-corrected chi connectivity index (χ3v) is 4.74. The number of imidazole rings is 1. The fourth-order valence-electron chi connectivity index (χ4n) is 2.21. The van der Waals surface area contributed by atoms with Crippen molar-refractivity contribution in [2.75, 3.05) is 24.8 Å². The number of fused-ring (bicyclic) bond motifs is 1. The van der Waals surface area contributed by atoms with Crippen LogP contribution in [-0.4, -0.2) is 40.1 Å². The second-order valence-corrected chi connectivity index (χ2v) is 6.66. The van der Waals surface area contributed by atoms with Gasteiger partial charge in [-0.2, -0.15) is 0 Å². The summed E-state index contributed by atoms with van der Waals surface area (Å²) in [6.45, 7) is 0.324. The second kappa shape index (κ2) is 7.91. The molecule has 0 aliphatic rings. The Kier molecular flexibility index (Phi) is 5.42. The van der Waals surface area contributed by atoms with Crippen LogP contribution in [0.15, 0.2) is 53.4 Å². The number of methoxy groups -OCH3 is 1. The highest BCUT2D eigenvalue weighted by atomic mass is 32.2. The van der Waals surface area contributed by atoms with E-state index in [0.29, 0.717) is 29.6 Å². The number of hydrogen-bond donors (Lipinski definition) is 2. The van der Waals surface area contributed by atoms with Crippen LogP contribution in [0.1, 0.15) is 0 Å². The van der Waals surface area contributed by atoms with Gasteiger partial charge in [-0.15, -0.1) is 0 Å². The van der Waals surface area contributed by atoms with E-state index in [4.69, 9.17) is 4.74 Å². The number of rotatable bonds is 6. The van der Waals surface area contributed by atoms with Crippen LogP contribution in [0, 0.1) is 0 Å². The van der Waals surface area contributed by atoms with E-state index in [-0.39, 0.29) is 0 Å². The maximum absolute atomic E-state index is 12.1. The Balaban J connectivity index is 1.59. The molecule has 1 heterocycles. The van der Waals surface area contributed by atoms with Crippen molar-refractivity contribution >= 4 is 34.3 Å². The van der Waals surface area contributed by atoms with Crippen molar-refractivity contribution in [2.45, 2.75) is 4.90 Å². The molecule has 2 aromatic carbocycles. The first-order valence-electron chi connectivity index (χ1n) is 7.56. The molecule has 25 heavy (non-hydrogen) atoms. The zero-order valence-electron chi connectivity index (χ0n) is 13.5. The van der Waals surface area contributed by atoms with Gasteiger partial charge in [0.25, 0.3) is 0 Å². The van der Waals surface area contributed by atoms with Crippen molar-refractivity contribution in [3.8, 4) is 5.75 Å². The number of aromatic nitrogens is 2. The molecule has 0 saturated heterocycles. The minimum atomic E-state index is -1.10. The number of nitrogens with zero attached hydrogens (tertiary/aromatic N) is 1. The number of ether oxygens (including phenoxy) is 2. The van der Waals surface area contributed by atoms with E-state index in [1.807, 2.05) is 30.3 Å². The molecule has 1 amide bonds. The number of benzene rings is 2. The van der Waals surface area contributed by atoms with E-state index < -0.39 is 17.3 Å². The van der Waals surface area contributed by atoms with E-state index in [1.165, 1.54) is 7.11 Å². The lowest BCUT2D eigenvalue weighted by Gasteiger charge is -2.11. The number of carbonyl (C=O) groups is 1. The normalized spacial score (nSPS) is 11.9.